The Bertz CT molecular complexity index is 717. The summed E-state index contributed by atoms with van der Waals surface area (Å²) in [6.07, 6.45) is 0. The lowest BCUT2D eigenvalue weighted by molar-refractivity contribution is 0.0698. The summed E-state index contributed by atoms with van der Waals surface area (Å²) < 4.78 is 12.8. The zero-order valence-corrected chi connectivity index (χ0v) is 11.9. The van der Waals surface area contributed by atoms with E-state index in [-0.39, 0.29) is 26.9 Å². The fourth-order valence-electron chi connectivity index (χ4n) is 1.66. The van der Waals surface area contributed by atoms with E-state index in [1.165, 1.54) is 24.3 Å². The van der Waals surface area contributed by atoms with Gasteiger partial charge in [-0.1, -0.05) is 23.2 Å². The van der Waals surface area contributed by atoms with Crippen LogP contribution in [0.2, 0.25) is 10.0 Å². The van der Waals surface area contributed by atoms with Crippen molar-refractivity contribution in [1.29, 1.82) is 0 Å². The lowest BCUT2D eigenvalue weighted by atomic mass is 10.1. The van der Waals surface area contributed by atoms with Gasteiger partial charge in [-0.3, -0.25) is 4.79 Å². The summed E-state index contributed by atoms with van der Waals surface area (Å²) >= 11 is 11.6. The van der Waals surface area contributed by atoms with Gasteiger partial charge in [-0.25, -0.2) is 9.18 Å². The molecule has 0 atom stereocenters. The molecule has 108 valence electrons. The lowest BCUT2D eigenvalue weighted by Crippen LogP contribution is -2.15. The molecule has 0 saturated heterocycles. The molecular weight excluding hydrogens is 320 g/mol. The number of benzene rings is 2. The Kier molecular flexibility index (Phi) is 4.45. The molecule has 2 aromatic rings. The molecule has 7 heteroatoms. The molecule has 0 fully saturated rings. The molecule has 1 amide bonds. The predicted molar refractivity (Wildman–Crippen MR) is 77.8 cm³/mol. The largest absolute Gasteiger partial charge is 0.478 e. The van der Waals surface area contributed by atoms with Crippen LogP contribution in [0.25, 0.3) is 0 Å². The highest BCUT2D eigenvalue weighted by Gasteiger charge is 2.18. The van der Waals surface area contributed by atoms with Crippen LogP contribution in [0.1, 0.15) is 20.7 Å². The Morgan fingerprint density at radius 3 is 2.29 bits per heavy atom. The van der Waals surface area contributed by atoms with Gasteiger partial charge in [-0.15, -0.1) is 0 Å². The van der Waals surface area contributed by atoms with Gasteiger partial charge in [0.05, 0.1) is 16.3 Å². The molecule has 0 aromatic heterocycles. The summed E-state index contributed by atoms with van der Waals surface area (Å²) in [5, 5.41) is 11.6. The third kappa shape index (κ3) is 3.51. The maximum absolute atomic E-state index is 12.8. The molecule has 0 unspecified atom stereocenters. The molecule has 0 heterocycles. The number of rotatable bonds is 3. The number of halogens is 3. The Labute approximate surface area is 129 Å². The van der Waals surface area contributed by atoms with Gasteiger partial charge in [0.2, 0.25) is 0 Å². The van der Waals surface area contributed by atoms with E-state index in [1.54, 1.807) is 0 Å². The minimum atomic E-state index is -1.28. The second-order valence-corrected chi connectivity index (χ2v) is 4.92. The van der Waals surface area contributed by atoms with Crippen LogP contribution < -0.4 is 5.32 Å². The number of hydrogen-bond acceptors (Lipinski definition) is 2. The number of amides is 1. The molecule has 2 N–H and O–H groups in total. The number of carbonyl (C=O) groups excluding carboxylic acids is 1. The number of carboxylic acid groups (broad SMARTS) is 1. The van der Waals surface area contributed by atoms with Crippen LogP contribution in [0.15, 0.2) is 36.4 Å². The van der Waals surface area contributed by atoms with E-state index in [0.29, 0.717) is 0 Å². The van der Waals surface area contributed by atoms with Crippen LogP contribution in [0.4, 0.5) is 10.1 Å². The van der Waals surface area contributed by atoms with Crippen LogP contribution in [-0.2, 0) is 0 Å². The van der Waals surface area contributed by atoms with Crippen molar-refractivity contribution in [2.45, 2.75) is 0 Å². The fraction of sp³-hybridized carbons (Fsp3) is 0. The average molecular weight is 328 g/mol. The van der Waals surface area contributed by atoms with Gasteiger partial charge in [0.25, 0.3) is 5.91 Å². The smallest absolute Gasteiger partial charge is 0.337 e. The van der Waals surface area contributed by atoms with Gasteiger partial charge in [-0.2, -0.15) is 0 Å². The number of aromatic carboxylic acids is 1. The van der Waals surface area contributed by atoms with Gasteiger partial charge in [0.1, 0.15) is 5.82 Å². The van der Waals surface area contributed by atoms with Crippen LogP contribution in [0.3, 0.4) is 0 Å². The van der Waals surface area contributed by atoms with Gasteiger partial charge < -0.3 is 10.4 Å². The molecule has 0 radical (unpaired) electrons. The number of hydrogen-bond donors (Lipinski definition) is 2. The van der Waals surface area contributed by atoms with Crippen LogP contribution in [0.5, 0.6) is 0 Å². The SMILES string of the molecule is O=C(Nc1c(Cl)cc(Cl)cc1C(=O)O)c1ccc(F)cc1. The molecule has 0 saturated carbocycles. The van der Waals surface area contributed by atoms with E-state index >= 15 is 0 Å². The van der Waals surface area contributed by atoms with Gasteiger partial charge >= 0.3 is 5.97 Å². The summed E-state index contributed by atoms with van der Waals surface area (Å²) in [7, 11) is 0. The number of anilines is 1. The minimum absolute atomic E-state index is 0.00429. The fourth-order valence-corrected chi connectivity index (χ4v) is 2.20. The maximum atomic E-state index is 12.8. The molecule has 2 aromatic carbocycles. The van der Waals surface area contributed by atoms with E-state index < -0.39 is 17.7 Å². The zero-order valence-electron chi connectivity index (χ0n) is 10.4. The van der Waals surface area contributed by atoms with E-state index in [4.69, 9.17) is 28.3 Å². The normalized spacial score (nSPS) is 10.2. The Morgan fingerprint density at radius 1 is 1.10 bits per heavy atom. The molecule has 0 aliphatic rings. The summed E-state index contributed by atoms with van der Waals surface area (Å²) in [5.74, 6) is -2.38. The average Bonchev–Trinajstić information content (AvgIpc) is 2.41. The van der Waals surface area contributed by atoms with Crippen molar-refractivity contribution in [3.63, 3.8) is 0 Å². The molecular formula is C14H8Cl2FNO3. The monoisotopic (exact) mass is 327 g/mol. The summed E-state index contributed by atoms with van der Waals surface area (Å²) in [6, 6.07) is 7.28. The van der Waals surface area contributed by atoms with Crippen molar-refractivity contribution in [3.8, 4) is 0 Å². The predicted octanol–water partition coefficient (Wildman–Crippen LogP) is 4.08. The van der Waals surface area contributed by atoms with E-state index in [1.807, 2.05) is 0 Å². The highest BCUT2D eigenvalue weighted by molar-refractivity contribution is 6.38. The molecule has 0 aliphatic heterocycles. The molecule has 0 bridgehead atoms. The summed E-state index contributed by atoms with van der Waals surface area (Å²) in [5.41, 5.74) is -0.135. The molecule has 4 nitrogen and oxygen atoms in total. The van der Waals surface area contributed by atoms with Crippen molar-refractivity contribution < 1.29 is 19.1 Å². The standard InChI is InChI=1S/C14H8Cl2FNO3/c15-8-5-10(14(20)21)12(11(16)6-8)18-13(19)7-1-3-9(17)4-2-7/h1-6H,(H,18,19)(H,20,21). The third-order valence-electron chi connectivity index (χ3n) is 2.63. The van der Waals surface area contributed by atoms with Crippen molar-refractivity contribution >= 4 is 40.8 Å². The molecule has 2 rings (SSSR count). The van der Waals surface area contributed by atoms with E-state index in [9.17, 15) is 14.0 Å². The topological polar surface area (TPSA) is 66.4 Å². The Balaban J connectivity index is 2.37. The first-order chi connectivity index (χ1) is 9.88. The second kappa shape index (κ2) is 6.11. The number of nitrogens with one attached hydrogen (secondary N) is 1. The zero-order chi connectivity index (χ0) is 15.6. The third-order valence-corrected chi connectivity index (χ3v) is 3.15. The van der Waals surface area contributed by atoms with Crippen molar-refractivity contribution in [1.82, 2.24) is 0 Å². The second-order valence-electron chi connectivity index (χ2n) is 4.08. The molecule has 0 spiro atoms. The van der Waals surface area contributed by atoms with Gasteiger partial charge in [-0.05, 0) is 36.4 Å². The Morgan fingerprint density at radius 2 is 1.71 bits per heavy atom. The van der Waals surface area contributed by atoms with Crippen molar-refractivity contribution in [2.75, 3.05) is 5.32 Å². The highest BCUT2D eigenvalue weighted by Crippen LogP contribution is 2.30. The first kappa shape index (κ1) is 15.3. The minimum Gasteiger partial charge on any atom is -0.478 e. The molecule has 0 aliphatic carbocycles. The Hall–Kier alpha value is -2.11. The highest BCUT2D eigenvalue weighted by atomic mass is 35.5. The summed E-state index contributed by atoms with van der Waals surface area (Å²) in [6.45, 7) is 0. The van der Waals surface area contributed by atoms with E-state index in [2.05, 4.69) is 5.32 Å². The van der Waals surface area contributed by atoms with Crippen LogP contribution in [-0.4, -0.2) is 17.0 Å². The first-order valence-electron chi connectivity index (χ1n) is 5.67. The van der Waals surface area contributed by atoms with Crippen LogP contribution in [0, 0.1) is 5.82 Å². The van der Waals surface area contributed by atoms with Crippen molar-refractivity contribution in [3.05, 3.63) is 63.4 Å². The van der Waals surface area contributed by atoms with Gasteiger partial charge in [0, 0.05) is 10.6 Å². The number of carbonyl (C=O) groups is 2. The van der Waals surface area contributed by atoms with Crippen molar-refractivity contribution in [2.24, 2.45) is 0 Å². The molecule has 21 heavy (non-hydrogen) atoms. The maximum Gasteiger partial charge on any atom is 0.337 e. The van der Waals surface area contributed by atoms with E-state index in [0.717, 1.165) is 12.1 Å². The van der Waals surface area contributed by atoms with Gasteiger partial charge in [0.15, 0.2) is 0 Å². The summed E-state index contributed by atoms with van der Waals surface area (Å²) in [4.78, 5) is 23.2. The number of carboxylic acids is 1. The lowest BCUT2D eigenvalue weighted by Gasteiger charge is -2.11. The first-order valence-corrected chi connectivity index (χ1v) is 6.43. The van der Waals surface area contributed by atoms with Crippen LogP contribution >= 0.6 is 23.2 Å². The quantitative estimate of drug-likeness (QED) is 0.892.